The van der Waals surface area contributed by atoms with Crippen LogP contribution in [0, 0.1) is 23.3 Å². The number of anilines is 1. The molecule has 2 heterocycles. The summed E-state index contributed by atoms with van der Waals surface area (Å²) in [5, 5.41) is 0.546. The van der Waals surface area contributed by atoms with Gasteiger partial charge in [-0.2, -0.15) is 0 Å². The van der Waals surface area contributed by atoms with Crippen molar-refractivity contribution in [2.75, 3.05) is 31.7 Å². The molecule has 27 heavy (non-hydrogen) atoms. The van der Waals surface area contributed by atoms with Crippen molar-refractivity contribution < 1.29 is 27.0 Å². The zero-order valence-electron chi connectivity index (χ0n) is 14.1. The van der Waals surface area contributed by atoms with E-state index in [9.17, 15) is 17.6 Å². The van der Waals surface area contributed by atoms with Gasteiger partial charge in [0.15, 0.2) is 16.8 Å². The fourth-order valence-corrected chi connectivity index (χ4v) is 4.09. The van der Waals surface area contributed by atoms with E-state index in [-0.39, 0.29) is 24.5 Å². The molecule has 3 aromatic rings. The molecule has 2 aromatic carbocycles. The van der Waals surface area contributed by atoms with E-state index in [0.29, 0.717) is 21.9 Å². The highest BCUT2D eigenvalue weighted by atomic mass is 32.1. The summed E-state index contributed by atoms with van der Waals surface area (Å²) < 4.78 is 65.9. The van der Waals surface area contributed by atoms with Gasteiger partial charge < -0.3 is 14.4 Å². The van der Waals surface area contributed by atoms with E-state index in [4.69, 9.17) is 9.47 Å². The molecular formula is C18H14F4N2O2S. The first-order valence-corrected chi connectivity index (χ1v) is 8.93. The van der Waals surface area contributed by atoms with Crippen LogP contribution < -0.4 is 9.64 Å². The Labute approximate surface area is 155 Å². The van der Waals surface area contributed by atoms with E-state index in [1.54, 1.807) is 0 Å². The summed E-state index contributed by atoms with van der Waals surface area (Å²) in [5.41, 5.74) is 0.476. The Kier molecular flexibility index (Phi) is 4.65. The molecule has 4 nitrogen and oxygen atoms in total. The standard InChI is InChI=1S/C18H14F4N2O2S/c1-25-14-5-9(19)4-12(22)17(14)15-8-24(2-3-26-15)18-23-13-6-10(20)11(21)7-16(13)27-18/h4-7,15H,2-3,8H2,1H3. The summed E-state index contributed by atoms with van der Waals surface area (Å²) in [6.45, 7) is 0.999. The highest BCUT2D eigenvalue weighted by Gasteiger charge is 2.29. The van der Waals surface area contributed by atoms with Gasteiger partial charge in [0.2, 0.25) is 0 Å². The van der Waals surface area contributed by atoms with E-state index < -0.39 is 29.4 Å². The second-order valence-corrected chi connectivity index (χ2v) is 7.05. The Morgan fingerprint density at radius 3 is 2.67 bits per heavy atom. The van der Waals surface area contributed by atoms with Gasteiger partial charge >= 0.3 is 0 Å². The lowest BCUT2D eigenvalue weighted by Crippen LogP contribution is -2.38. The van der Waals surface area contributed by atoms with Gasteiger partial charge in [-0.05, 0) is 6.07 Å². The predicted molar refractivity (Wildman–Crippen MR) is 93.4 cm³/mol. The first kappa shape index (κ1) is 18.0. The fraction of sp³-hybridized carbons (Fsp3) is 0.278. The number of thiazole rings is 1. The van der Waals surface area contributed by atoms with Crippen molar-refractivity contribution in [1.82, 2.24) is 4.98 Å². The Bertz CT molecular complexity index is 972. The lowest BCUT2D eigenvalue weighted by molar-refractivity contribution is 0.0358. The van der Waals surface area contributed by atoms with Crippen molar-refractivity contribution in [2.45, 2.75) is 6.10 Å². The number of ether oxygens (including phenoxy) is 2. The molecule has 1 atom stereocenters. The molecule has 0 N–H and O–H groups in total. The number of methoxy groups -OCH3 is 1. The van der Waals surface area contributed by atoms with Crippen LogP contribution in [0.3, 0.4) is 0 Å². The monoisotopic (exact) mass is 398 g/mol. The summed E-state index contributed by atoms with van der Waals surface area (Å²) >= 11 is 1.21. The molecule has 0 bridgehead atoms. The van der Waals surface area contributed by atoms with Gasteiger partial charge in [0.25, 0.3) is 0 Å². The predicted octanol–water partition coefficient (Wildman–Crippen LogP) is 4.44. The summed E-state index contributed by atoms with van der Waals surface area (Å²) in [7, 11) is 1.33. The molecule has 4 rings (SSSR count). The molecule has 1 aliphatic rings. The minimum absolute atomic E-state index is 0.0628. The fourth-order valence-electron chi connectivity index (χ4n) is 3.09. The van der Waals surface area contributed by atoms with Crippen molar-refractivity contribution in [2.24, 2.45) is 0 Å². The third-order valence-corrected chi connectivity index (χ3v) is 5.43. The summed E-state index contributed by atoms with van der Waals surface area (Å²) in [6, 6.07) is 4.03. The number of morpholine rings is 1. The third kappa shape index (κ3) is 3.32. The van der Waals surface area contributed by atoms with Crippen LogP contribution in [0.4, 0.5) is 22.7 Å². The zero-order valence-corrected chi connectivity index (χ0v) is 15.0. The zero-order chi connectivity index (χ0) is 19.1. The number of nitrogens with zero attached hydrogens (tertiary/aromatic N) is 2. The van der Waals surface area contributed by atoms with Gasteiger partial charge in [-0.3, -0.25) is 0 Å². The molecular weight excluding hydrogens is 384 g/mol. The molecule has 0 saturated carbocycles. The quantitative estimate of drug-likeness (QED) is 0.611. The number of rotatable bonds is 3. The maximum absolute atomic E-state index is 14.4. The maximum atomic E-state index is 14.4. The molecule has 1 fully saturated rings. The first-order chi connectivity index (χ1) is 13.0. The second kappa shape index (κ2) is 6.97. The van der Waals surface area contributed by atoms with Gasteiger partial charge in [0.05, 0.1) is 36.0 Å². The van der Waals surface area contributed by atoms with Gasteiger partial charge in [-0.1, -0.05) is 11.3 Å². The van der Waals surface area contributed by atoms with Gasteiger partial charge in [0, 0.05) is 24.7 Å². The van der Waals surface area contributed by atoms with Crippen molar-refractivity contribution in [3.63, 3.8) is 0 Å². The highest BCUT2D eigenvalue weighted by molar-refractivity contribution is 7.22. The van der Waals surface area contributed by atoms with E-state index >= 15 is 0 Å². The molecule has 0 aliphatic carbocycles. The average Bonchev–Trinajstić information content (AvgIpc) is 3.04. The van der Waals surface area contributed by atoms with Crippen LogP contribution in [0.15, 0.2) is 24.3 Å². The molecule has 142 valence electrons. The molecule has 0 radical (unpaired) electrons. The van der Waals surface area contributed by atoms with Gasteiger partial charge in [-0.15, -0.1) is 0 Å². The SMILES string of the molecule is COc1cc(F)cc(F)c1C1CN(c2nc3cc(F)c(F)cc3s2)CCO1. The van der Waals surface area contributed by atoms with Crippen LogP contribution >= 0.6 is 11.3 Å². The smallest absolute Gasteiger partial charge is 0.186 e. The van der Waals surface area contributed by atoms with E-state index in [1.807, 2.05) is 4.90 Å². The molecule has 1 aromatic heterocycles. The van der Waals surface area contributed by atoms with E-state index in [1.165, 1.54) is 18.4 Å². The minimum Gasteiger partial charge on any atom is -0.496 e. The number of benzene rings is 2. The van der Waals surface area contributed by atoms with Crippen LogP contribution in [0.1, 0.15) is 11.7 Å². The van der Waals surface area contributed by atoms with Crippen LogP contribution in [0.2, 0.25) is 0 Å². The van der Waals surface area contributed by atoms with Crippen LogP contribution in [-0.4, -0.2) is 31.8 Å². The van der Waals surface area contributed by atoms with Gasteiger partial charge in [0.1, 0.15) is 23.5 Å². The summed E-state index contributed by atoms with van der Waals surface area (Å²) in [5.74, 6) is -3.33. The third-order valence-electron chi connectivity index (χ3n) is 4.35. The Balaban J connectivity index is 1.66. The minimum atomic E-state index is -0.961. The Morgan fingerprint density at radius 2 is 1.89 bits per heavy atom. The highest BCUT2D eigenvalue weighted by Crippen LogP contribution is 2.37. The normalized spacial score (nSPS) is 17.5. The number of hydrogen-bond acceptors (Lipinski definition) is 5. The molecule has 9 heteroatoms. The lowest BCUT2D eigenvalue weighted by Gasteiger charge is -2.33. The maximum Gasteiger partial charge on any atom is 0.186 e. The van der Waals surface area contributed by atoms with Crippen LogP contribution in [-0.2, 0) is 4.74 Å². The summed E-state index contributed by atoms with van der Waals surface area (Å²) in [4.78, 5) is 6.19. The molecule has 1 unspecified atom stereocenters. The molecule has 1 aliphatic heterocycles. The lowest BCUT2D eigenvalue weighted by atomic mass is 10.1. The average molecular weight is 398 g/mol. The van der Waals surface area contributed by atoms with Gasteiger partial charge in [-0.25, -0.2) is 22.5 Å². The van der Waals surface area contributed by atoms with Crippen molar-refractivity contribution in [3.05, 3.63) is 53.1 Å². The van der Waals surface area contributed by atoms with E-state index in [0.717, 1.165) is 24.3 Å². The Morgan fingerprint density at radius 1 is 1.11 bits per heavy atom. The number of aromatic nitrogens is 1. The Hall–Kier alpha value is -2.39. The molecule has 0 spiro atoms. The van der Waals surface area contributed by atoms with Crippen molar-refractivity contribution in [3.8, 4) is 5.75 Å². The van der Waals surface area contributed by atoms with E-state index in [2.05, 4.69) is 4.98 Å². The molecule has 0 amide bonds. The van der Waals surface area contributed by atoms with Crippen molar-refractivity contribution in [1.29, 1.82) is 0 Å². The number of hydrogen-bond donors (Lipinski definition) is 0. The second-order valence-electron chi connectivity index (χ2n) is 6.04. The molecule has 1 saturated heterocycles. The first-order valence-electron chi connectivity index (χ1n) is 8.11. The summed E-state index contributed by atoms with van der Waals surface area (Å²) in [6.07, 6.45) is -0.699. The van der Waals surface area contributed by atoms with Crippen LogP contribution in [0.25, 0.3) is 10.2 Å². The largest absolute Gasteiger partial charge is 0.496 e. The van der Waals surface area contributed by atoms with Crippen molar-refractivity contribution >= 4 is 26.7 Å². The number of fused-ring (bicyclic) bond motifs is 1. The number of halogens is 4. The topological polar surface area (TPSA) is 34.6 Å². The van der Waals surface area contributed by atoms with Crippen LogP contribution in [0.5, 0.6) is 5.75 Å².